The minimum absolute atomic E-state index is 0.0978. The van der Waals surface area contributed by atoms with Crippen molar-refractivity contribution in [3.05, 3.63) is 71.8 Å². The van der Waals surface area contributed by atoms with Gasteiger partial charge >= 0.3 is 18.0 Å². The molecule has 1 amide bonds. The van der Waals surface area contributed by atoms with Gasteiger partial charge < -0.3 is 24.0 Å². The second kappa shape index (κ2) is 16.9. The summed E-state index contributed by atoms with van der Waals surface area (Å²) < 4.78 is 23.3. The van der Waals surface area contributed by atoms with Crippen LogP contribution >= 0.6 is 0 Å². The number of hydrogen-bond acceptors (Lipinski definition) is 7. The third-order valence-corrected chi connectivity index (χ3v) is 15.4. The lowest BCUT2D eigenvalue weighted by atomic mass is 9.98. The SMILES string of the molecule is CC(C)[C@H](NC(=O)OCC1c2ccccc2-c2ccccc21)C(=O)O[C@H](/C=C/CCO[Si](C)(C)C(C)(C)C)CC(=O)OCC[Si](C)(C)C. The monoisotopic (exact) mass is 695 g/mol. The molecule has 2 aromatic rings. The van der Waals surface area contributed by atoms with E-state index in [0.29, 0.717) is 19.6 Å². The molecule has 1 aliphatic rings. The number of fused-ring (bicyclic) bond motifs is 3. The summed E-state index contributed by atoms with van der Waals surface area (Å²) in [6.45, 7) is 22.3. The van der Waals surface area contributed by atoms with Crippen LogP contribution in [0.5, 0.6) is 0 Å². The van der Waals surface area contributed by atoms with Gasteiger partial charge in [-0.3, -0.25) is 4.79 Å². The van der Waals surface area contributed by atoms with Gasteiger partial charge in [-0.2, -0.15) is 0 Å². The molecular weight excluding hydrogens is 639 g/mol. The molecule has 0 saturated heterocycles. The van der Waals surface area contributed by atoms with E-state index >= 15 is 0 Å². The van der Waals surface area contributed by atoms with Gasteiger partial charge in [0, 0.05) is 20.6 Å². The zero-order chi connectivity index (χ0) is 35.7. The summed E-state index contributed by atoms with van der Waals surface area (Å²) >= 11 is 0. The van der Waals surface area contributed by atoms with E-state index in [1.165, 1.54) is 0 Å². The van der Waals surface area contributed by atoms with Crippen LogP contribution in [0.1, 0.15) is 64.5 Å². The van der Waals surface area contributed by atoms with E-state index in [9.17, 15) is 14.4 Å². The van der Waals surface area contributed by atoms with Gasteiger partial charge in [0.25, 0.3) is 0 Å². The molecule has 264 valence electrons. The molecule has 48 heavy (non-hydrogen) atoms. The number of ether oxygens (including phenoxy) is 3. The Morgan fingerprint density at radius 3 is 2.00 bits per heavy atom. The van der Waals surface area contributed by atoms with Crippen LogP contribution in [0.2, 0.25) is 43.8 Å². The Morgan fingerprint density at radius 1 is 0.875 bits per heavy atom. The van der Waals surface area contributed by atoms with Gasteiger partial charge in [-0.1, -0.05) is 109 Å². The highest BCUT2D eigenvalue weighted by atomic mass is 28.4. The first-order valence-corrected chi connectivity index (χ1v) is 23.8. The molecule has 0 aromatic heterocycles. The Bertz CT molecular complexity index is 1380. The molecule has 0 bridgehead atoms. The van der Waals surface area contributed by atoms with Crippen LogP contribution < -0.4 is 5.32 Å². The highest BCUT2D eigenvalue weighted by molar-refractivity contribution is 6.76. The molecule has 0 radical (unpaired) electrons. The zero-order valence-electron chi connectivity index (χ0n) is 30.7. The van der Waals surface area contributed by atoms with Crippen LogP contribution in [-0.4, -0.2) is 66.4 Å². The van der Waals surface area contributed by atoms with E-state index in [1.54, 1.807) is 6.08 Å². The number of nitrogens with one attached hydrogen (secondary N) is 1. The van der Waals surface area contributed by atoms with E-state index < -0.39 is 46.6 Å². The average Bonchev–Trinajstić information content (AvgIpc) is 3.30. The molecule has 3 rings (SSSR count). The molecule has 0 saturated carbocycles. The number of alkyl carbamates (subject to hydrolysis) is 1. The summed E-state index contributed by atoms with van der Waals surface area (Å²) in [6, 6.07) is 16.1. The van der Waals surface area contributed by atoms with Crippen LogP contribution in [0.25, 0.3) is 11.1 Å². The van der Waals surface area contributed by atoms with E-state index in [1.807, 2.05) is 44.2 Å². The fourth-order valence-corrected chi connectivity index (χ4v) is 6.95. The number of rotatable bonds is 16. The average molecular weight is 696 g/mol. The minimum Gasteiger partial charge on any atom is -0.466 e. The van der Waals surface area contributed by atoms with E-state index in [0.717, 1.165) is 28.3 Å². The van der Waals surface area contributed by atoms with Gasteiger partial charge in [-0.05, 0) is 64.8 Å². The fourth-order valence-electron chi connectivity index (χ4n) is 5.18. The van der Waals surface area contributed by atoms with Crippen molar-refractivity contribution in [3.63, 3.8) is 0 Å². The zero-order valence-corrected chi connectivity index (χ0v) is 32.7. The normalized spacial score (nSPS) is 14.7. The van der Waals surface area contributed by atoms with E-state index in [-0.39, 0.29) is 29.9 Å². The first-order chi connectivity index (χ1) is 22.4. The Kier molecular flexibility index (Phi) is 13.8. The maximum absolute atomic E-state index is 13.5. The molecule has 0 spiro atoms. The lowest BCUT2D eigenvalue weighted by Gasteiger charge is -2.36. The first-order valence-electron chi connectivity index (χ1n) is 17.2. The van der Waals surface area contributed by atoms with Crippen molar-refractivity contribution in [2.75, 3.05) is 19.8 Å². The highest BCUT2D eigenvalue weighted by Crippen LogP contribution is 2.44. The lowest BCUT2D eigenvalue weighted by molar-refractivity contribution is -0.155. The Labute approximate surface area is 290 Å². The number of amides is 1. The Hall–Kier alpha value is -3.22. The minimum atomic E-state index is -1.90. The maximum atomic E-state index is 13.5. The van der Waals surface area contributed by atoms with Crippen molar-refractivity contribution in [2.45, 2.75) is 109 Å². The summed E-state index contributed by atoms with van der Waals surface area (Å²) in [5.74, 6) is -1.46. The maximum Gasteiger partial charge on any atom is 0.407 e. The Morgan fingerprint density at radius 2 is 1.46 bits per heavy atom. The predicted molar refractivity (Wildman–Crippen MR) is 197 cm³/mol. The van der Waals surface area contributed by atoms with Gasteiger partial charge in [0.15, 0.2) is 8.32 Å². The number of hydrogen-bond donors (Lipinski definition) is 1. The molecule has 0 fully saturated rings. The molecule has 0 heterocycles. The largest absolute Gasteiger partial charge is 0.466 e. The highest BCUT2D eigenvalue weighted by Gasteiger charge is 2.37. The fraction of sp³-hybridized carbons (Fsp3) is 0.553. The van der Waals surface area contributed by atoms with Gasteiger partial charge in [-0.15, -0.1) is 0 Å². The van der Waals surface area contributed by atoms with Crippen molar-refractivity contribution < 1.29 is 33.0 Å². The standard InChI is InChI=1S/C38H57NO7Si2/c1-27(2)35(39-37(42)44-26-33-31-20-13-11-18-29(31)30-19-12-14-21-32(30)33)36(41)46-28(25-34(40)43-23-24-47(6,7)8)17-15-16-22-45-48(9,10)38(3,4)5/h11-15,17-21,27-28,33,35H,16,22-26H2,1-10H3,(H,39,42)/b17-15+/t28-,35+/m1/s1. The number of esters is 2. The molecular formula is C38H57NO7Si2. The predicted octanol–water partition coefficient (Wildman–Crippen LogP) is 8.70. The van der Waals surface area contributed by atoms with Crippen molar-refractivity contribution >= 4 is 34.4 Å². The summed E-state index contributed by atoms with van der Waals surface area (Å²) in [4.78, 5) is 39.3. The summed E-state index contributed by atoms with van der Waals surface area (Å²) in [5, 5.41) is 2.82. The number of carbonyl (C=O) groups is 3. The smallest absolute Gasteiger partial charge is 0.407 e. The van der Waals surface area contributed by atoms with Gasteiger partial charge in [-0.25, -0.2) is 9.59 Å². The van der Waals surface area contributed by atoms with Crippen LogP contribution in [-0.2, 0) is 28.2 Å². The summed E-state index contributed by atoms with van der Waals surface area (Å²) in [6.07, 6.45) is 2.54. The third-order valence-electron chi connectivity index (χ3n) is 9.19. The molecule has 8 nitrogen and oxygen atoms in total. The van der Waals surface area contributed by atoms with Crippen LogP contribution in [0, 0.1) is 5.92 Å². The van der Waals surface area contributed by atoms with Gasteiger partial charge in [0.1, 0.15) is 18.8 Å². The molecule has 2 aromatic carbocycles. The van der Waals surface area contributed by atoms with Crippen molar-refractivity contribution in [3.8, 4) is 11.1 Å². The van der Waals surface area contributed by atoms with Crippen LogP contribution in [0.3, 0.4) is 0 Å². The molecule has 1 aliphatic carbocycles. The topological polar surface area (TPSA) is 100 Å². The van der Waals surface area contributed by atoms with Crippen LogP contribution in [0.4, 0.5) is 4.79 Å². The van der Waals surface area contributed by atoms with Crippen LogP contribution in [0.15, 0.2) is 60.7 Å². The summed E-state index contributed by atoms with van der Waals surface area (Å²) in [7, 11) is -3.28. The molecule has 2 atom stereocenters. The van der Waals surface area contributed by atoms with Crippen molar-refractivity contribution in [2.24, 2.45) is 5.92 Å². The second-order valence-corrected chi connectivity index (χ2v) is 26.2. The second-order valence-electron chi connectivity index (χ2n) is 15.7. The number of benzene rings is 2. The quantitative estimate of drug-likeness (QED) is 0.0617. The van der Waals surface area contributed by atoms with Gasteiger partial charge in [0.2, 0.25) is 0 Å². The van der Waals surface area contributed by atoms with E-state index in [4.69, 9.17) is 18.6 Å². The van der Waals surface area contributed by atoms with Crippen molar-refractivity contribution in [1.82, 2.24) is 5.32 Å². The van der Waals surface area contributed by atoms with Gasteiger partial charge in [0.05, 0.1) is 13.0 Å². The lowest BCUT2D eigenvalue weighted by Crippen LogP contribution is -2.46. The first kappa shape index (κ1) is 39.2. The van der Waals surface area contributed by atoms with Crippen molar-refractivity contribution in [1.29, 1.82) is 0 Å². The molecule has 10 heteroatoms. The number of carbonyl (C=O) groups excluding carboxylic acids is 3. The third kappa shape index (κ3) is 11.4. The van der Waals surface area contributed by atoms with E-state index in [2.05, 4.69) is 83.1 Å². The molecule has 0 unspecified atom stereocenters. The Balaban J connectivity index is 1.64. The summed E-state index contributed by atoms with van der Waals surface area (Å²) in [5.41, 5.74) is 4.48. The molecule has 0 aliphatic heterocycles. The molecule has 1 N–H and O–H groups in total.